The third-order valence-corrected chi connectivity index (χ3v) is 4.20. The number of amides is 2. The van der Waals surface area contributed by atoms with Crippen LogP contribution in [-0.2, 0) is 16.1 Å². The van der Waals surface area contributed by atoms with Crippen molar-refractivity contribution < 1.29 is 14.3 Å². The van der Waals surface area contributed by atoms with Crippen LogP contribution in [0.2, 0.25) is 0 Å². The van der Waals surface area contributed by atoms with E-state index in [2.05, 4.69) is 10.3 Å². The molecule has 1 aromatic rings. The van der Waals surface area contributed by atoms with Gasteiger partial charge in [0.05, 0.1) is 6.54 Å². The van der Waals surface area contributed by atoms with Crippen molar-refractivity contribution >= 4 is 41.9 Å². The quantitative estimate of drug-likeness (QED) is 0.355. The van der Waals surface area contributed by atoms with Crippen molar-refractivity contribution in [1.82, 2.24) is 15.1 Å². The number of nitrogens with two attached hydrogens (primary N) is 1. The summed E-state index contributed by atoms with van der Waals surface area (Å²) in [6, 6.07) is 9.75. The summed E-state index contributed by atoms with van der Waals surface area (Å²) in [5.74, 6) is 0.342. The van der Waals surface area contributed by atoms with Gasteiger partial charge in [0.15, 0.2) is 5.96 Å². The van der Waals surface area contributed by atoms with Crippen LogP contribution in [0.4, 0.5) is 4.79 Å². The fraction of sp³-hybridized carbons (Fsp3) is 0.550. The van der Waals surface area contributed by atoms with Crippen LogP contribution < -0.4 is 11.1 Å². The molecule has 0 saturated carbocycles. The first-order valence-electron chi connectivity index (χ1n) is 9.58. The lowest BCUT2D eigenvalue weighted by atomic mass is 10.2. The van der Waals surface area contributed by atoms with Gasteiger partial charge >= 0.3 is 6.09 Å². The highest BCUT2D eigenvalue weighted by atomic mass is 127. The standard InChI is InChI=1S/C20H31N5O3.HI/c1-20(2,3)28-19(27)25-13-11-24(12-14-25)18(21)22-10-9-17(26)23-15-16-7-5-4-6-8-16;/h4-8H,9-15H2,1-3H3,(H2,21,22)(H,23,26);1H. The summed E-state index contributed by atoms with van der Waals surface area (Å²) in [6.07, 6.45) is -0.0245. The summed E-state index contributed by atoms with van der Waals surface area (Å²) in [4.78, 5) is 31.9. The fourth-order valence-corrected chi connectivity index (χ4v) is 2.70. The van der Waals surface area contributed by atoms with Crippen LogP contribution in [0.15, 0.2) is 35.3 Å². The smallest absolute Gasteiger partial charge is 0.410 e. The summed E-state index contributed by atoms with van der Waals surface area (Å²) in [5.41, 5.74) is 6.59. The average molecular weight is 517 g/mol. The van der Waals surface area contributed by atoms with Crippen molar-refractivity contribution in [1.29, 1.82) is 0 Å². The van der Waals surface area contributed by atoms with E-state index in [4.69, 9.17) is 10.5 Å². The minimum atomic E-state index is -0.504. The number of piperazine rings is 1. The van der Waals surface area contributed by atoms with E-state index in [1.54, 1.807) is 4.90 Å². The van der Waals surface area contributed by atoms with Crippen LogP contribution in [0.5, 0.6) is 0 Å². The van der Waals surface area contributed by atoms with Gasteiger partial charge in [0.2, 0.25) is 5.91 Å². The van der Waals surface area contributed by atoms with Gasteiger partial charge < -0.3 is 25.6 Å². The number of rotatable bonds is 5. The lowest BCUT2D eigenvalue weighted by molar-refractivity contribution is -0.121. The lowest BCUT2D eigenvalue weighted by Gasteiger charge is -2.36. The Kier molecular flexibility index (Phi) is 10.2. The molecule has 0 aromatic heterocycles. The van der Waals surface area contributed by atoms with Crippen LogP contribution in [0.3, 0.4) is 0 Å². The second-order valence-corrected chi connectivity index (χ2v) is 7.71. The van der Waals surface area contributed by atoms with Crippen molar-refractivity contribution in [3.05, 3.63) is 35.9 Å². The maximum Gasteiger partial charge on any atom is 0.410 e. The number of hydrogen-bond donors (Lipinski definition) is 2. The third kappa shape index (κ3) is 9.33. The molecule has 2 rings (SSSR count). The zero-order valence-corrected chi connectivity index (χ0v) is 19.7. The molecular weight excluding hydrogens is 485 g/mol. The van der Waals surface area contributed by atoms with Gasteiger partial charge in [-0.15, -0.1) is 24.0 Å². The molecule has 1 aliphatic heterocycles. The van der Waals surface area contributed by atoms with Crippen molar-refractivity contribution in [3.8, 4) is 0 Å². The van der Waals surface area contributed by atoms with Gasteiger partial charge in [0.1, 0.15) is 5.60 Å². The van der Waals surface area contributed by atoms with E-state index in [1.807, 2.05) is 56.0 Å². The summed E-state index contributed by atoms with van der Waals surface area (Å²) in [6.45, 7) is 8.63. The highest BCUT2D eigenvalue weighted by molar-refractivity contribution is 14.0. The first kappa shape index (κ1) is 25.0. The van der Waals surface area contributed by atoms with Crippen LogP contribution in [-0.4, -0.2) is 66.1 Å². The molecule has 0 bridgehead atoms. The van der Waals surface area contributed by atoms with Crippen LogP contribution in [0.25, 0.3) is 0 Å². The number of carbonyl (C=O) groups is 2. The maximum atomic E-state index is 12.1. The molecule has 3 N–H and O–H groups in total. The molecule has 162 valence electrons. The zero-order valence-electron chi connectivity index (χ0n) is 17.4. The number of halogens is 1. The lowest BCUT2D eigenvalue weighted by Crippen LogP contribution is -2.53. The van der Waals surface area contributed by atoms with E-state index in [1.165, 1.54) is 0 Å². The normalized spacial score (nSPS) is 14.8. The topological polar surface area (TPSA) is 100 Å². The predicted molar refractivity (Wildman–Crippen MR) is 124 cm³/mol. The summed E-state index contributed by atoms with van der Waals surface area (Å²) in [7, 11) is 0. The predicted octanol–water partition coefficient (Wildman–Crippen LogP) is 2.18. The van der Waals surface area contributed by atoms with Crippen molar-refractivity contribution in [2.24, 2.45) is 10.7 Å². The van der Waals surface area contributed by atoms with E-state index in [0.29, 0.717) is 45.2 Å². The van der Waals surface area contributed by atoms with Crippen molar-refractivity contribution in [2.75, 3.05) is 32.7 Å². The number of nitrogens with zero attached hydrogens (tertiary/aromatic N) is 3. The minimum absolute atomic E-state index is 0. The Morgan fingerprint density at radius 1 is 1.10 bits per heavy atom. The Morgan fingerprint density at radius 3 is 2.28 bits per heavy atom. The summed E-state index contributed by atoms with van der Waals surface area (Å²) >= 11 is 0. The minimum Gasteiger partial charge on any atom is -0.444 e. The molecule has 29 heavy (non-hydrogen) atoms. The number of carbonyl (C=O) groups excluding carboxylic acids is 2. The Morgan fingerprint density at radius 2 is 1.69 bits per heavy atom. The number of benzene rings is 1. The molecule has 0 radical (unpaired) electrons. The van der Waals surface area contributed by atoms with E-state index in [-0.39, 0.29) is 42.4 Å². The molecule has 0 aliphatic carbocycles. The molecule has 8 nitrogen and oxygen atoms in total. The van der Waals surface area contributed by atoms with E-state index in [0.717, 1.165) is 5.56 Å². The molecule has 1 heterocycles. The van der Waals surface area contributed by atoms with Gasteiger partial charge in [-0.1, -0.05) is 30.3 Å². The molecular formula is C20H32IN5O3. The van der Waals surface area contributed by atoms with E-state index >= 15 is 0 Å². The second-order valence-electron chi connectivity index (χ2n) is 7.71. The van der Waals surface area contributed by atoms with Gasteiger partial charge in [-0.25, -0.2) is 4.79 Å². The molecule has 1 fully saturated rings. The fourth-order valence-electron chi connectivity index (χ4n) is 2.70. The Hall–Kier alpha value is -2.04. The zero-order chi connectivity index (χ0) is 20.6. The molecule has 0 spiro atoms. The van der Waals surface area contributed by atoms with E-state index in [9.17, 15) is 9.59 Å². The number of hydrogen-bond acceptors (Lipinski definition) is 4. The number of aliphatic imine (C=N–C) groups is 1. The van der Waals surface area contributed by atoms with Crippen LogP contribution in [0, 0.1) is 0 Å². The molecule has 0 unspecified atom stereocenters. The SMILES string of the molecule is CC(C)(C)OC(=O)N1CCN(C(N)=NCCC(=O)NCc2ccccc2)CC1.I. The first-order chi connectivity index (χ1) is 13.2. The molecule has 2 amide bonds. The third-order valence-electron chi connectivity index (χ3n) is 4.20. The second kappa shape index (κ2) is 11.8. The highest BCUT2D eigenvalue weighted by Gasteiger charge is 2.26. The van der Waals surface area contributed by atoms with Gasteiger partial charge in [0, 0.05) is 39.1 Å². The van der Waals surface area contributed by atoms with E-state index < -0.39 is 5.60 Å². The van der Waals surface area contributed by atoms with Crippen molar-refractivity contribution in [3.63, 3.8) is 0 Å². The number of ether oxygens (including phenoxy) is 1. The summed E-state index contributed by atoms with van der Waals surface area (Å²) < 4.78 is 5.38. The highest BCUT2D eigenvalue weighted by Crippen LogP contribution is 2.11. The van der Waals surface area contributed by atoms with Crippen molar-refractivity contribution in [2.45, 2.75) is 39.3 Å². The van der Waals surface area contributed by atoms with Crippen LogP contribution >= 0.6 is 24.0 Å². The Bertz CT molecular complexity index is 683. The van der Waals surface area contributed by atoms with Gasteiger partial charge in [-0.05, 0) is 26.3 Å². The molecule has 0 atom stereocenters. The molecule has 1 aliphatic rings. The van der Waals surface area contributed by atoms with Gasteiger partial charge in [0.25, 0.3) is 0 Å². The largest absolute Gasteiger partial charge is 0.444 e. The van der Waals surface area contributed by atoms with Gasteiger partial charge in [-0.3, -0.25) is 9.79 Å². The average Bonchev–Trinajstić information content (AvgIpc) is 2.66. The monoisotopic (exact) mass is 517 g/mol. The maximum absolute atomic E-state index is 12.1. The van der Waals surface area contributed by atoms with Gasteiger partial charge in [-0.2, -0.15) is 0 Å². The molecule has 1 saturated heterocycles. The first-order valence-corrected chi connectivity index (χ1v) is 9.58. The summed E-state index contributed by atoms with van der Waals surface area (Å²) in [5, 5.41) is 2.87. The number of nitrogens with one attached hydrogen (secondary N) is 1. The Labute approximate surface area is 189 Å². The molecule has 9 heteroatoms. The molecule has 1 aromatic carbocycles. The van der Waals surface area contributed by atoms with Crippen LogP contribution in [0.1, 0.15) is 32.8 Å². The number of guanidine groups is 1. The Balaban J connectivity index is 0.00000420.